The van der Waals surface area contributed by atoms with Gasteiger partial charge in [-0.05, 0) is 48.4 Å². The number of carbonyl (C=O) groups excluding carboxylic acids is 2. The van der Waals surface area contributed by atoms with Gasteiger partial charge in [0.1, 0.15) is 11.5 Å². The maximum atomic E-state index is 13.7. The lowest BCUT2D eigenvalue weighted by molar-refractivity contribution is -0.124. The Hall–Kier alpha value is -3.59. The van der Waals surface area contributed by atoms with Crippen molar-refractivity contribution >= 4 is 30.4 Å². The Balaban J connectivity index is 1.82. The number of hydrogen-bond acceptors (Lipinski definition) is 5. The molecule has 41 heavy (non-hydrogen) atoms. The topological polar surface area (TPSA) is 113 Å². The predicted octanol–water partition coefficient (Wildman–Crippen LogP) is 5.02. The Bertz CT molecular complexity index is 1270. The molecule has 1 aromatic heterocycles. The zero-order valence-electron chi connectivity index (χ0n) is 24.2. The van der Waals surface area contributed by atoms with Crippen LogP contribution in [0, 0.1) is 11.8 Å². The molecule has 8 nitrogen and oxygen atoms in total. The summed E-state index contributed by atoms with van der Waals surface area (Å²) in [5.41, 5.74) is 2.56. The Morgan fingerprint density at radius 2 is 1.73 bits per heavy atom. The standard InChI is InChI=1S/C32H42N4O4S/c1-4-5-11-29-33-19-28(36(29)20-24-12-14-25(15-13-24)32(39)40)31(38)35-27(17-23-9-7-6-8-10-23)18-34-30(37)26(21-41)16-22(2)3/h6-10,12-15,19,22,26-27,41H,4-5,11,16-18,20-21H2,1-3H3,(H,34,37)(H,35,38)(H,39,40). The fourth-order valence-corrected chi connectivity index (χ4v) is 5.09. The van der Waals surface area contributed by atoms with Gasteiger partial charge in [0, 0.05) is 31.2 Å². The first-order chi connectivity index (χ1) is 19.7. The molecule has 0 bridgehead atoms. The minimum atomic E-state index is -0.982. The van der Waals surface area contributed by atoms with Crippen LogP contribution in [-0.2, 0) is 24.2 Å². The van der Waals surface area contributed by atoms with Crippen molar-refractivity contribution in [3.8, 4) is 0 Å². The predicted molar refractivity (Wildman–Crippen MR) is 165 cm³/mol. The number of amides is 2. The van der Waals surface area contributed by atoms with Crippen molar-refractivity contribution in [2.75, 3.05) is 12.3 Å². The van der Waals surface area contributed by atoms with Gasteiger partial charge in [0.2, 0.25) is 5.91 Å². The summed E-state index contributed by atoms with van der Waals surface area (Å²) in [5, 5.41) is 15.4. The van der Waals surface area contributed by atoms with E-state index in [4.69, 9.17) is 0 Å². The summed E-state index contributed by atoms with van der Waals surface area (Å²) < 4.78 is 1.90. The number of carboxylic acid groups (broad SMARTS) is 1. The van der Waals surface area contributed by atoms with Crippen molar-refractivity contribution < 1.29 is 19.5 Å². The number of aromatic carboxylic acids is 1. The van der Waals surface area contributed by atoms with Crippen LogP contribution in [0.5, 0.6) is 0 Å². The van der Waals surface area contributed by atoms with Crippen LogP contribution in [0.2, 0.25) is 0 Å². The van der Waals surface area contributed by atoms with Crippen LogP contribution in [0.4, 0.5) is 0 Å². The second-order valence-corrected chi connectivity index (χ2v) is 11.2. The summed E-state index contributed by atoms with van der Waals surface area (Å²) in [5.74, 6) is 0.138. The molecule has 1 heterocycles. The molecular weight excluding hydrogens is 536 g/mol. The van der Waals surface area contributed by atoms with Crippen LogP contribution in [0.15, 0.2) is 60.8 Å². The van der Waals surface area contributed by atoms with E-state index in [1.807, 2.05) is 34.9 Å². The SMILES string of the molecule is CCCCc1ncc(C(=O)NC(CNC(=O)C(CS)CC(C)C)Cc2ccccc2)n1Cc1ccc(C(=O)O)cc1. The van der Waals surface area contributed by atoms with Gasteiger partial charge in [-0.15, -0.1) is 0 Å². The molecule has 0 aliphatic heterocycles. The normalized spacial score (nSPS) is 12.6. The van der Waals surface area contributed by atoms with Gasteiger partial charge in [-0.2, -0.15) is 12.6 Å². The van der Waals surface area contributed by atoms with E-state index in [-0.39, 0.29) is 35.9 Å². The number of unbranched alkanes of at least 4 members (excludes halogenated alkanes) is 1. The maximum absolute atomic E-state index is 13.7. The largest absolute Gasteiger partial charge is 0.478 e. The lowest BCUT2D eigenvalue weighted by atomic mass is 9.97. The van der Waals surface area contributed by atoms with Crippen molar-refractivity contribution in [2.24, 2.45) is 11.8 Å². The molecule has 2 atom stereocenters. The first-order valence-electron chi connectivity index (χ1n) is 14.3. The zero-order valence-corrected chi connectivity index (χ0v) is 25.1. The van der Waals surface area contributed by atoms with Crippen molar-refractivity contribution in [3.63, 3.8) is 0 Å². The number of benzene rings is 2. The average Bonchev–Trinajstić information content (AvgIpc) is 3.36. The lowest BCUT2D eigenvalue weighted by Gasteiger charge is -2.22. The number of aromatic nitrogens is 2. The summed E-state index contributed by atoms with van der Waals surface area (Å²) in [7, 11) is 0. The number of hydrogen-bond donors (Lipinski definition) is 4. The molecular formula is C32H42N4O4S. The number of thiol groups is 1. The first kappa shape index (κ1) is 31.9. The van der Waals surface area contributed by atoms with Crippen LogP contribution in [0.25, 0.3) is 0 Å². The smallest absolute Gasteiger partial charge is 0.335 e. The van der Waals surface area contributed by atoms with Gasteiger partial charge in [-0.1, -0.05) is 69.7 Å². The Morgan fingerprint density at radius 1 is 1.02 bits per heavy atom. The number of rotatable bonds is 16. The van der Waals surface area contributed by atoms with Gasteiger partial charge in [0.25, 0.3) is 5.91 Å². The minimum Gasteiger partial charge on any atom is -0.478 e. The molecule has 0 radical (unpaired) electrons. The van der Waals surface area contributed by atoms with E-state index in [2.05, 4.69) is 49.0 Å². The van der Waals surface area contributed by atoms with E-state index in [1.165, 1.54) is 0 Å². The summed E-state index contributed by atoms with van der Waals surface area (Å²) in [6.07, 6.45) is 5.55. The van der Waals surface area contributed by atoms with Gasteiger partial charge in [0.05, 0.1) is 17.8 Å². The van der Waals surface area contributed by atoms with Crippen LogP contribution in [0.1, 0.15) is 77.8 Å². The van der Waals surface area contributed by atoms with Crippen LogP contribution in [0.3, 0.4) is 0 Å². The number of carbonyl (C=O) groups is 3. The summed E-state index contributed by atoms with van der Waals surface area (Å²) in [6, 6.07) is 16.2. The number of aryl methyl sites for hydroxylation is 1. The third-order valence-corrected chi connectivity index (χ3v) is 7.44. The fourth-order valence-electron chi connectivity index (χ4n) is 4.78. The summed E-state index contributed by atoms with van der Waals surface area (Å²) >= 11 is 4.38. The molecule has 2 unspecified atom stereocenters. The summed E-state index contributed by atoms with van der Waals surface area (Å²) in [4.78, 5) is 42.5. The molecule has 0 aliphatic rings. The summed E-state index contributed by atoms with van der Waals surface area (Å²) in [6.45, 7) is 6.95. The third kappa shape index (κ3) is 9.78. The third-order valence-electron chi connectivity index (χ3n) is 7.00. The van der Waals surface area contributed by atoms with E-state index in [0.29, 0.717) is 30.3 Å². The minimum absolute atomic E-state index is 0.0577. The maximum Gasteiger partial charge on any atom is 0.335 e. The highest BCUT2D eigenvalue weighted by Gasteiger charge is 2.23. The molecule has 0 fully saturated rings. The molecule has 2 aromatic carbocycles. The van der Waals surface area contributed by atoms with Gasteiger partial charge in [-0.25, -0.2) is 9.78 Å². The highest BCUT2D eigenvalue weighted by atomic mass is 32.1. The second-order valence-electron chi connectivity index (χ2n) is 10.9. The average molecular weight is 579 g/mol. The second kappa shape index (κ2) is 16.0. The zero-order chi connectivity index (χ0) is 29.8. The van der Waals surface area contributed by atoms with Crippen LogP contribution >= 0.6 is 12.6 Å². The highest BCUT2D eigenvalue weighted by Crippen LogP contribution is 2.16. The van der Waals surface area contributed by atoms with Gasteiger partial charge >= 0.3 is 5.97 Å². The Kier molecular flexibility index (Phi) is 12.5. The van der Waals surface area contributed by atoms with Crippen molar-refractivity contribution in [3.05, 3.63) is 89.0 Å². The van der Waals surface area contributed by atoms with E-state index >= 15 is 0 Å². The first-order valence-corrected chi connectivity index (χ1v) is 14.9. The quantitative estimate of drug-likeness (QED) is 0.178. The molecule has 0 saturated carbocycles. The van der Waals surface area contributed by atoms with Crippen LogP contribution in [-0.4, -0.2) is 50.8 Å². The molecule has 2 amide bonds. The molecule has 0 spiro atoms. The molecule has 0 saturated heterocycles. The van der Waals surface area contributed by atoms with Gasteiger partial charge in [0.15, 0.2) is 0 Å². The number of nitrogens with zero attached hydrogens (tertiary/aromatic N) is 2. The Morgan fingerprint density at radius 3 is 2.34 bits per heavy atom. The van der Waals surface area contributed by atoms with E-state index < -0.39 is 5.97 Å². The number of imidazole rings is 1. The van der Waals surface area contributed by atoms with E-state index in [1.54, 1.807) is 30.5 Å². The monoisotopic (exact) mass is 578 g/mol. The van der Waals surface area contributed by atoms with E-state index in [0.717, 1.165) is 42.6 Å². The van der Waals surface area contributed by atoms with Gasteiger partial charge in [-0.3, -0.25) is 9.59 Å². The van der Waals surface area contributed by atoms with E-state index in [9.17, 15) is 19.5 Å². The van der Waals surface area contributed by atoms with Crippen molar-refractivity contribution in [2.45, 2.75) is 65.5 Å². The van der Waals surface area contributed by atoms with Crippen molar-refractivity contribution in [1.82, 2.24) is 20.2 Å². The van der Waals surface area contributed by atoms with Crippen molar-refractivity contribution in [1.29, 1.82) is 0 Å². The molecule has 3 N–H and O–H groups in total. The molecule has 9 heteroatoms. The molecule has 0 aliphatic carbocycles. The number of nitrogens with one attached hydrogen (secondary N) is 2. The molecule has 220 valence electrons. The number of carboxylic acids is 1. The van der Waals surface area contributed by atoms with Crippen LogP contribution < -0.4 is 10.6 Å². The Labute approximate surface area is 248 Å². The fraction of sp³-hybridized carbons (Fsp3) is 0.438. The lowest BCUT2D eigenvalue weighted by Crippen LogP contribution is -2.47. The molecule has 3 rings (SSSR count). The highest BCUT2D eigenvalue weighted by molar-refractivity contribution is 7.80. The molecule has 3 aromatic rings. The van der Waals surface area contributed by atoms with Gasteiger partial charge < -0.3 is 20.3 Å².